The van der Waals surface area contributed by atoms with Crippen LogP contribution < -0.4 is 11.1 Å². The van der Waals surface area contributed by atoms with E-state index < -0.39 is 6.04 Å². The molecule has 0 radical (unpaired) electrons. The lowest BCUT2D eigenvalue weighted by molar-refractivity contribution is -0.127. The Labute approximate surface area is 124 Å². The van der Waals surface area contributed by atoms with Gasteiger partial charge in [-0.2, -0.15) is 0 Å². The summed E-state index contributed by atoms with van der Waals surface area (Å²) < 4.78 is 0. The number of carbonyl (C=O) groups is 2. The lowest BCUT2D eigenvalue weighted by atomic mass is 10.0. The van der Waals surface area contributed by atoms with E-state index in [1.54, 1.807) is 24.0 Å². The first-order valence-corrected chi connectivity index (χ1v) is 6.93. The molecule has 0 aliphatic carbocycles. The van der Waals surface area contributed by atoms with Crippen LogP contribution in [0.15, 0.2) is 18.2 Å². The highest BCUT2D eigenvalue weighted by Gasteiger charge is 2.29. The van der Waals surface area contributed by atoms with Crippen molar-refractivity contribution in [1.82, 2.24) is 10.2 Å². The minimum Gasteiger partial charge on any atom is -0.353 e. The fourth-order valence-corrected chi connectivity index (χ4v) is 2.26. The summed E-state index contributed by atoms with van der Waals surface area (Å²) in [6, 6.07) is 4.94. The second-order valence-corrected chi connectivity index (χ2v) is 5.00. The van der Waals surface area contributed by atoms with Gasteiger partial charge in [0.2, 0.25) is 5.91 Å². The molecule has 1 aliphatic rings. The van der Waals surface area contributed by atoms with Crippen LogP contribution in [0, 0.1) is 18.8 Å². The predicted molar refractivity (Wildman–Crippen MR) is 80.6 cm³/mol. The van der Waals surface area contributed by atoms with Gasteiger partial charge in [-0.1, -0.05) is 17.9 Å². The average molecular weight is 285 g/mol. The van der Waals surface area contributed by atoms with Gasteiger partial charge in [0.15, 0.2) is 0 Å². The highest BCUT2D eigenvalue weighted by molar-refractivity contribution is 5.98. The number of aryl methyl sites for hydroxylation is 1. The lowest BCUT2D eigenvalue weighted by Gasteiger charge is -2.32. The van der Waals surface area contributed by atoms with Crippen LogP contribution in [0.3, 0.4) is 0 Å². The van der Waals surface area contributed by atoms with Crippen LogP contribution in [0.1, 0.15) is 28.4 Å². The topological polar surface area (TPSA) is 75.4 Å². The molecule has 1 heterocycles. The summed E-state index contributed by atoms with van der Waals surface area (Å²) in [6.07, 6.45) is 0. The maximum atomic E-state index is 12.6. The van der Waals surface area contributed by atoms with Crippen molar-refractivity contribution in [3.8, 4) is 11.8 Å². The maximum Gasteiger partial charge on any atom is 0.254 e. The SMILES string of the molecule is Cc1ccc(C(=O)N2CCNC(=O)C2C)cc1C#CCN. The van der Waals surface area contributed by atoms with Crippen molar-refractivity contribution in [1.29, 1.82) is 0 Å². The van der Waals surface area contributed by atoms with E-state index in [4.69, 9.17) is 5.73 Å². The van der Waals surface area contributed by atoms with Crippen molar-refractivity contribution in [2.75, 3.05) is 19.6 Å². The van der Waals surface area contributed by atoms with Crippen molar-refractivity contribution >= 4 is 11.8 Å². The number of nitrogens with one attached hydrogen (secondary N) is 1. The molecule has 5 nitrogen and oxygen atoms in total. The number of nitrogens with two attached hydrogens (primary N) is 1. The van der Waals surface area contributed by atoms with E-state index in [2.05, 4.69) is 17.2 Å². The van der Waals surface area contributed by atoms with Crippen LogP contribution in [0.25, 0.3) is 0 Å². The predicted octanol–water partition coefficient (Wildman–Crippen LogP) is 0.266. The maximum absolute atomic E-state index is 12.6. The molecule has 3 N–H and O–H groups in total. The minimum atomic E-state index is -0.453. The first kappa shape index (κ1) is 15.1. The molecule has 1 unspecified atom stereocenters. The summed E-state index contributed by atoms with van der Waals surface area (Å²) in [7, 11) is 0. The first-order valence-electron chi connectivity index (χ1n) is 6.93. The third-order valence-corrected chi connectivity index (χ3v) is 3.57. The van der Waals surface area contributed by atoms with E-state index in [0.717, 1.165) is 11.1 Å². The lowest BCUT2D eigenvalue weighted by Crippen LogP contribution is -2.55. The summed E-state index contributed by atoms with van der Waals surface area (Å²) in [4.78, 5) is 25.8. The van der Waals surface area contributed by atoms with Crippen LogP contribution in [-0.2, 0) is 4.79 Å². The Hall–Kier alpha value is -2.32. The van der Waals surface area contributed by atoms with Gasteiger partial charge in [0.25, 0.3) is 5.91 Å². The number of benzene rings is 1. The van der Waals surface area contributed by atoms with Crippen molar-refractivity contribution in [2.24, 2.45) is 5.73 Å². The molecule has 1 atom stereocenters. The normalized spacial score (nSPS) is 17.8. The van der Waals surface area contributed by atoms with Crippen LogP contribution >= 0.6 is 0 Å². The van der Waals surface area contributed by atoms with Gasteiger partial charge in [-0.3, -0.25) is 9.59 Å². The van der Waals surface area contributed by atoms with Gasteiger partial charge in [0, 0.05) is 24.2 Å². The van der Waals surface area contributed by atoms with Gasteiger partial charge in [-0.05, 0) is 31.5 Å². The second-order valence-electron chi connectivity index (χ2n) is 5.00. The first-order chi connectivity index (χ1) is 10.0. The molecular weight excluding hydrogens is 266 g/mol. The zero-order chi connectivity index (χ0) is 15.4. The Balaban J connectivity index is 2.29. The number of hydrogen-bond acceptors (Lipinski definition) is 3. The fraction of sp³-hybridized carbons (Fsp3) is 0.375. The molecule has 0 saturated carbocycles. The zero-order valence-corrected chi connectivity index (χ0v) is 12.3. The van der Waals surface area contributed by atoms with E-state index in [0.29, 0.717) is 18.7 Å². The van der Waals surface area contributed by atoms with E-state index in [1.165, 1.54) is 0 Å². The largest absolute Gasteiger partial charge is 0.353 e. The van der Waals surface area contributed by atoms with Crippen molar-refractivity contribution < 1.29 is 9.59 Å². The molecule has 110 valence electrons. The Morgan fingerprint density at radius 1 is 1.52 bits per heavy atom. The molecule has 1 fully saturated rings. The minimum absolute atomic E-state index is 0.121. The monoisotopic (exact) mass is 285 g/mol. The van der Waals surface area contributed by atoms with Crippen LogP contribution in [0.4, 0.5) is 0 Å². The Bertz CT molecular complexity index is 628. The second kappa shape index (κ2) is 6.42. The third kappa shape index (κ3) is 3.23. The van der Waals surface area contributed by atoms with E-state index in [1.807, 2.05) is 13.0 Å². The Morgan fingerprint density at radius 2 is 2.29 bits per heavy atom. The van der Waals surface area contributed by atoms with Gasteiger partial charge in [-0.15, -0.1) is 0 Å². The number of rotatable bonds is 1. The standard InChI is InChI=1S/C16H19N3O2/c1-11-5-6-14(10-13(11)4-3-7-17)16(21)19-9-8-18-15(20)12(19)2/h5-6,10,12H,7-9,17H2,1-2H3,(H,18,20). The molecule has 1 saturated heterocycles. The van der Waals surface area contributed by atoms with E-state index >= 15 is 0 Å². The van der Waals surface area contributed by atoms with E-state index in [9.17, 15) is 9.59 Å². The molecule has 21 heavy (non-hydrogen) atoms. The summed E-state index contributed by atoms with van der Waals surface area (Å²) in [5.74, 6) is 5.50. The summed E-state index contributed by atoms with van der Waals surface area (Å²) in [6.45, 7) is 4.95. The van der Waals surface area contributed by atoms with Crippen LogP contribution in [-0.4, -0.2) is 42.4 Å². The number of hydrogen-bond donors (Lipinski definition) is 2. The summed E-state index contributed by atoms with van der Waals surface area (Å²) in [5.41, 5.74) is 7.72. The smallest absolute Gasteiger partial charge is 0.254 e. The van der Waals surface area contributed by atoms with Crippen molar-refractivity contribution in [2.45, 2.75) is 19.9 Å². The van der Waals surface area contributed by atoms with Gasteiger partial charge in [-0.25, -0.2) is 0 Å². The number of amides is 2. The zero-order valence-electron chi connectivity index (χ0n) is 12.3. The fourth-order valence-electron chi connectivity index (χ4n) is 2.26. The van der Waals surface area contributed by atoms with Crippen molar-refractivity contribution in [3.05, 3.63) is 34.9 Å². The molecule has 2 rings (SSSR count). The molecule has 0 aromatic heterocycles. The van der Waals surface area contributed by atoms with Gasteiger partial charge in [0.05, 0.1) is 6.54 Å². The average Bonchev–Trinajstić information content (AvgIpc) is 2.48. The quantitative estimate of drug-likeness (QED) is 0.727. The Morgan fingerprint density at radius 3 is 3.00 bits per heavy atom. The Kier molecular flexibility index (Phi) is 4.61. The summed E-state index contributed by atoms with van der Waals surface area (Å²) >= 11 is 0. The summed E-state index contributed by atoms with van der Waals surface area (Å²) in [5, 5.41) is 2.75. The molecular formula is C16H19N3O2. The molecule has 0 bridgehead atoms. The van der Waals surface area contributed by atoms with Gasteiger partial charge >= 0.3 is 0 Å². The number of piperazine rings is 1. The molecule has 2 amide bonds. The molecule has 1 aromatic rings. The van der Waals surface area contributed by atoms with Gasteiger partial charge in [0.1, 0.15) is 6.04 Å². The van der Waals surface area contributed by atoms with E-state index in [-0.39, 0.29) is 18.4 Å². The molecule has 0 spiro atoms. The highest BCUT2D eigenvalue weighted by Crippen LogP contribution is 2.15. The van der Waals surface area contributed by atoms with Crippen LogP contribution in [0.5, 0.6) is 0 Å². The molecule has 1 aromatic carbocycles. The molecule has 1 aliphatic heterocycles. The van der Waals surface area contributed by atoms with Crippen molar-refractivity contribution in [3.63, 3.8) is 0 Å². The third-order valence-electron chi connectivity index (χ3n) is 3.57. The number of nitrogens with zero attached hydrogens (tertiary/aromatic N) is 1. The highest BCUT2D eigenvalue weighted by atomic mass is 16.2. The van der Waals surface area contributed by atoms with Crippen LogP contribution in [0.2, 0.25) is 0 Å². The number of carbonyl (C=O) groups excluding carboxylic acids is 2. The molecule has 5 heteroatoms. The van der Waals surface area contributed by atoms with Gasteiger partial charge < -0.3 is 16.0 Å².